The average molecular weight is 432 g/mol. The van der Waals surface area contributed by atoms with Crippen LogP contribution in [0.5, 0.6) is 0 Å². The van der Waals surface area contributed by atoms with Crippen LogP contribution < -0.4 is 10.9 Å². The molecule has 3 rings (SSSR count). The fourth-order valence-corrected chi connectivity index (χ4v) is 3.89. The second-order valence-electron chi connectivity index (χ2n) is 6.89. The number of amides is 1. The van der Waals surface area contributed by atoms with Gasteiger partial charge in [-0.2, -0.15) is 0 Å². The van der Waals surface area contributed by atoms with Gasteiger partial charge in [0.15, 0.2) is 5.16 Å². The number of para-hydroxylation sites is 1. The van der Waals surface area contributed by atoms with Gasteiger partial charge in [-0.15, -0.1) is 0 Å². The van der Waals surface area contributed by atoms with E-state index in [0.29, 0.717) is 22.6 Å². The summed E-state index contributed by atoms with van der Waals surface area (Å²) in [6.07, 6.45) is 4.00. The number of anilines is 1. The zero-order valence-corrected chi connectivity index (χ0v) is 17.5. The summed E-state index contributed by atoms with van der Waals surface area (Å²) < 4.78 is 28.6. The number of unbranched alkanes of at least 4 members (excludes halogenated alkanes) is 3. The standard InChI is InChI=1S/C22H23F2N3O2S/c1-2-3-4-7-12-27-21(29)16-8-5-6-9-18(16)26-22(27)30-14-20(28)25-19-13-15(23)10-11-17(19)24/h5-6,8-11,13H,2-4,7,12,14H2,1H3,(H,25,28). The highest BCUT2D eigenvalue weighted by Crippen LogP contribution is 2.20. The number of fused-ring (bicyclic) bond motifs is 1. The van der Waals surface area contributed by atoms with E-state index in [0.717, 1.165) is 55.6 Å². The minimum absolute atomic E-state index is 0.0876. The van der Waals surface area contributed by atoms with E-state index < -0.39 is 17.5 Å². The number of halogens is 2. The van der Waals surface area contributed by atoms with E-state index >= 15 is 0 Å². The van der Waals surface area contributed by atoms with Gasteiger partial charge in [0.2, 0.25) is 5.91 Å². The third-order valence-electron chi connectivity index (χ3n) is 4.60. The number of benzene rings is 2. The minimum atomic E-state index is -0.716. The first-order valence-corrected chi connectivity index (χ1v) is 10.9. The molecule has 0 aliphatic heterocycles. The van der Waals surface area contributed by atoms with Gasteiger partial charge in [-0.25, -0.2) is 13.8 Å². The van der Waals surface area contributed by atoms with Gasteiger partial charge in [-0.1, -0.05) is 50.1 Å². The molecule has 5 nitrogen and oxygen atoms in total. The molecule has 0 aliphatic carbocycles. The molecule has 1 amide bonds. The van der Waals surface area contributed by atoms with Gasteiger partial charge in [0.25, 0.3) is 5.56 Å². The zero-order valence-electron chi connectivity index (χ0n) is 16.7. The molecule has 0 saturated heterocycles. The second kappa shape index (κ2) is 10.3. The number of carbonyl (C=O) groups excluding carboxylic acids is 1. The lowest BCUT2D eigenvalue weighted by molar-refractivity contribution is -0.113. The van der Waals surface area contributed by atoms with Crippen molar-refractivity contribution >= 4 is 34.3 Å². The van der Waals surface area contributed by atoms with Gasteiger partial charge < -0.3 is 5.32 Å². The van der Waals surface area contributed by atoms with Gasteiger partial charge in [0.1, 0.15) is 11.6 Å². The Hall–Kier alpha value is -2.74. The highest BCUT2D eigenvalue weighted by molar-refractivity contribution is 7.99. The Morgan fingerprint density at radius 2 is 1.93 bits per heavy atom. The summed E-state index contributed by atoms with van der Waals surface area (Å²) in [7, 11) is 0. The van der Waals surface area contributed by atoms with E-state index in [1.165, 1.54) is 0 Å². The molecule has 1 heterocycles. The van der Waals surface area contributed by atoms with Crippen molar-refractivity contribution in [2.24, 2.45) is 0 Å². The smallest absolute Gasteiger partial charge is 0.262 e. The zero-order chi connectivity index (χ0) is 21.5. The summed E-state index contributed by atoms with van der Waals surface area (Å²) in [4.78, 5) is 29.8. The topological polar surface area (TPSA) is 64.0 Å². The molecule has 0 saturated carbocycles. The molecule has 0 atom stereocenters. The second-order valence-corrected chi connectivity index (χ2v) is 7.83. The Morgan fingerprint density at radius 1 is 1.13 bits per heavy atom. The van der Waals surface area contributed by atoms with Crippen molar-refractivity contribution in [1.29, 1.82) is 0 Å². The van der Waals surface area contributed by atoms with Crippen LogP contribution in [0.15, 0.2) is 52.4 Å². The number of rotatable bonds is 9. The summed E-state index contributed by atoms with van der Waals surface area (Å²) in [6, 6.07) is 9.95. The average Bonchev–Trinajstić information content (AvgIpc) is 2.74. The van der Waals surface area contributed by atoms with Crippen LogP contribution in [0.25, 0.3) is 10.9 Å². The van der Waals surface area contributed by atoms with Crippen molar-refractivity contribution in [2.45, 2.75) is 44.3 Å². The molecular formula is C22H23F2N3O2S. The number of hydrogen-bond acceptors (Lipinski definition) is 4. The van der Waals surface area contributed by atoms with Gasteiger partial charge in [-0.3, -0.25) is 14.2 Å². The van der Waals surface area contributed by atoms with Crippen LogP contribution >= 0.6 is 11.8 Å². The first kappa shape index (κ1) is 22.0. The van der Waals surface area contributed by atoms with Crippen LogP contribution in [0.2, 0.25) is 0 Å². The van der Waals surface area contributed by atoms with E-state index in [2.05, 4.69) is 17.2 Å². The maximum Gasteiger partial charge on any atom is 0.262 e. The number of carbonyl (C=O) groups is 1. The van der Waals surface area contributed by atoms with Crippen LogP contribution in [0.4, 0.5) is 14.5 Å². The highest BCUT2D eigenvalue weighted by Gasteiger charge is 2.14. The molecule has 3 aromatic rings. The van der Waals surface area contributed by atoms with Crippen molar-refractivity contribution in [2.75, 3.05) is 11.1 Å². The summed E-state index contributed by atoms with van der Waals surface area (Å²) in [5, 5.41) is 3.33. The third kappa shape index (κ3) is 5.44. The molecule has 0 fully saturated rings. The number of aromatic nitrogens is 2. The SMILES string of the molecule is CCCCCCn1c(SCC(=O)Nc2cc(F)ccc2F)nc2ccccc2c1=O. The van der Waals surface area contributed by atoms with E-state index in [1.54, 1.807) is 28.8 Å². The van der Waals surface area contributed by atoms with Crippen LogP contribution in [0.1, 0.15) is 32.6 Å². The molecule has 1 aromatic heterocycles. The van der Waals surface area contributed by atoms with E-state index in [9.17, 15) is 18.4 Å². The Labute approximate surface area is 177 Å². The molecule has 0 unspecified atom stereocenters. The molecule has 2 aromatic carbocycles. The lowest BCUT2D eigenvalue weighted by atomic mass is 10.2. The van der Waals surface area contributed by atoms with E-state index in [1.807, 2.05) is 0 Å². The van der Waals surface area contributed by atoms with Crippen molar-refractivity contribution in [3.63, 3.8) is 0 Å². The molecule has 1 N–H and O–H groups in total. The van der Waals surface area contributed by atoms with Crippen LogP contribution in [0, 0.1) is 11.6 Å². The predicted molar refractivity (Wildman–Crippen MR) is 116 cm³/mol. The number of nitrogens with one attached hydrogen (secondary N) is 1. The lowest BCUT2D eigenvalue weighted by Crippen LogP contribution is -2.24. The Balaban J connectivity index is 1.78. The molecular weight excluding hydrogens is 408 g/mol. The van der Waals surface area contributed by atoms with Gasteiger partial charge in [0.05, 0.1) is 22.3 Å². The summed E-state index contributed by atoms with van der Waals surface area (Å²) in [5.74, 6) is -1.96. The fraction of sp³-hybridized carbons (Fsp3) is 0.318. The van der Waals surface area contributed by atoms with E-state index in [-0.39, 0.29) is 17.0 Å². The van der Waals surface area contributed by atoms with Gasteiger partial charge in [-0.05, 0) is 30.7 Å². The molecule has 30 heavy (non-hydrogen) atoms. The third-order valence-corrected chi connectivity index (χ3v) is 5.57. The highest BCUT2D eigenvalue weighted by atomic mass is 32.2. The lowest BCUT2D eigenvalue weighted by Gasteiger charge is -2.13. The van der Waals surface area contributed by atoms with E-state index in [4.69, 9.17) is 0 Å². The number of nitrogens with zero attached hydrogens (tertiary/aromatic N) is 2. The molecule has 8 heteroatoms. The first-order valence-electron chi connectivity index (χ1n) is 9.87. The van der Waals surface area contributed by atoms with Gasteiger partial charge >= 0.3 is 0 Å². The van der Waals surface area contributed by atoms with Crippen molar-refractivity contribution < 1.29 is 13.6 Å². The van der Waals surface area contributed by atoms with Gasteiger partial charge in [0, 0.05) is 12.6 Å². The van der Waals surface area contributed by atoms with Crippen molar-refractivity contribution in [1.82, 2.24) is 9.55 Å². The van der Waals surface area contributed by atoms with Crippen LogP contribution in [0.3, 0.4) is 0 Å². The molecule has 0 aliphatic rings. The van der Waals surface area contributed by atoms with Crippen molar-refractivity contribution in [3.8, 4) is 0 Å². The Kier molecular flexibility index (Phi) is 7.57. The van der Waals surface area contributed by atoms with Crippen LogP contribution in [-0.4, -0.2) is 21.2 Å². The maximum atomic E-state index is 13.7. The Bertz CT molecular complexity index is 1100. The molecule has 0 bridgehead atoms. The normalized spacial score (nSPS) is 11.0. The molecule has 158 valence electrons. The number of hydrogen-bond donors (Lipinski definition) is 1. The summed E-state index contributed by atoms with van der Waals surface area (Å²) >= 11 is 1.10. The van der Waals surface area contributed by atoms with Crippen LogP contribution in [-0.2, 0) is 11.3 Å². The van der Waals surface area contributed by atoms with Crippen molar-refractivity contribution in [3.05, 3.63) is 64.5 Å². The summed E-state index contributed by atoms with van der Waals surface area (Å²) in [5.41, 5.74) is 0.201. The molecule has 0 radical (unpaired) electrons. The first-order chi connectivity index (χ1) is 14.5. The molecule has 0 spiro atoms. The monoisotopic (exact) mass is 431 g/mol. The largest absolute Gasteiger partial charge is 0.323 e. The predicted octanol–water partition coefficient (Wildman–Crippen LogP) is 4.99. The summed E-state index contributed by atoms with van der Waals surface area (Å²) in [6.45, 7) is 2.63. The maximum absolute atomic E-state index is 13.7. The Morgan fingerprint density at radius 3 is 2.73 bits per heavy atom. The fourth-order valence-electron chi connectivity index (χ4n) is 3.06. The number of thioether (sulfide) groups is 1. The minimum Gasteiger partial charge on any atom is -0.323 e. The quantitative estimate of drug-likeness (QED) is 0.295.